The maximum atomic E-state index is 13.8. The van der Waals surface area contributed by atoms with Crippen LogP contribution in [0.4, 0.5) is 5.69 Å². The average molecular weight is 538 g/mol. The second kappa shape index (κ2) is 11.0. The molecule has 11 heteroatoms. The zero-order chi connectivity index (χ0) is 27.6. The number of benzene rings is 2. The summed E-state index contributed by atoms with van der Waals surface area (Å²) < 4.78 is 18.1. The number of aromatic nitrogens is 1. The second-order valence-corrected chi connectivity index (χ2v) is 9.46. The van der Waals surface area contributed by atoms with Crippen molar-refractivity contribution in [1.29, 1.82) is 0 Å². The van der Waals surface area contributed by atoms with Gasteiger partial charge in [0, 0.05) is 11.6 Å². The van der Waals surface area contributed by atoms with Gasteiger partial charge < -0.3 is 14.2 Å². The van der Waals surface area contributed by atoms with Gasteiger partial charge in [0.2, 0.25) is 0 Å². The third-order valence-electron chi connectivity index (χ3n) is 6.05. The summed E-state index contributed by atoms with van der Waals surface area (Å²) in [6.07, 6.45) is 1.71. The number of methoxy groups -OCH3 is 1. The van der Waals surface area contributed by atoms with Crippen LogP contribution in [0, 0.1) is 17.0 Å². The number of carbonyl (C=O) groups excluding carboxylic acids is 1. The Kier molecular flexibility index (Phi) is 7.77. The van der Waals surface area contributed by atoms with Crippen LogP contribution < -0.4 is 24.4 Å². The number of esters is 1. The third kappa shape index (κ3) is 4.97. The highest BCUT2D eigenvalue weighted by Crippen LogP contribution is 2.33. The number of ether oxygens (including phenoxy) is 3. The van der Waals surface area contributed by atoms with Crippen molar-refractivity contribution in [3.63, 3.8) is 0 Å². The fraction of sp³-hybridized carbons (Fsp3) is 0.296. The van der Waals surface area contributed by atoms with Gasteiger partial charge in [-0.15, -0.1) is 0 Å². The molecule has 2 heterocycles. The summed E-state index contributed by atoms with van der Waals surface area (Å²) in [6, 6.07) is 9.07. The highest BCUT2D eigenvalue weighted by molar-refractivity contribution is 7.07. The molecule has 0 aliphatic carbocycles. The van der Waals surface area contributed by atoms with Crippen LogP contribution in [0.2, 0.25) is 0 Å². The van der Waals surface area contributed by atoms with Crippen molar-refractivity contribution >= 4 is 29.1 Å². The first-order chi connectivity index (χ1) is 18.2. The molecule has 0 N–H and O–H groups in total. The lowest BCUT2D eigenvalue weighted by Crippen LogP contribution is -2.40. The number of carbonyl (C=O) groups is 1. The number of hydrogen-bond acceptors (Lipinski definition) is 9. The van der Waals surface area contributed by atoms with Crippen molar-refractivity contribution < 1.29 is 23.9 Å². The molecule has 198 valence electrons. The maximum absolute atomic E-state index is 13.8. The Balaban J connectivity index is 1.94. The van der Waals surface area contributed by atoms with Crippen LogP contribution in [-0.2, 0) is 9.53 Å². The van der Waals surface area contributed by atoms with Gasteiger partial charge in [0.15, 0.2) is 16.3 Å². The van der Waals surface area contributed by atoms with Crippen LogP contribution in [-0.4, -0.2) is 35.8 Å². The number of fused-ring (bicyclic) bond motifs is 1. The van der Waals surface area contributed by atoms with Gasteiger partial charge in [0.25, 0.3) is 11.2 Å². The molecular formula is C27H27N3O7S. The van der Waals surface area contributed by atoms with Gasteiger partial charge >= 0.3 is 5.97 Å². The minimum atomic E-state index is -0.943. The van der Waals surface area contributed by atoms with Crippen molar-refractivity contribution in [1.82, 2.24) is 4.57 Å². The minimum absolute atomic E-state index is 0.107. The van der Waals surface area contributed by atoms with E-state index in [2.05, 4.69) is 4.99 Å². The number of aryl methyl sites for hydroxylation is 1. The van der Waals surface area contributed by atoms with E-state index in [9.17, 15) is 19.7 Å². The summed E-state index contributed by atoms with van der Waals surface area (Å²) >= 11 is 1.16. The fourth-order valence-electron chi connectivity index (χ4n) is 4.30. The number of nitrogens with zero attached hydrogens (tertiary/aromatic N) is 3. The smallest absolute Gasteiger partial charge is 0.338 e. The first-order valence-corrected chi connectivity index (χ1v) is 12.8. The molecule has 0 fully saturated rings. The van der Waals surface area contributed by atoms with E-state index in [1.807, 2.05) is 13.0 Å². The van der Waals surface area contributed by atoms with E-state index in [4.69, 9.17) is 14.2 Å². The lowest BCUT2D eigenvalue weighted by molar-refractivity contribution is -0.385. The van der Waals surface area contributed by atoms with Gasteiger partial charge in [-0.2, -0.15) is 0 Å². The van der Waals surface area contributed by atoms with Crippen LogP contribution in [0.3, 0.4) is 0 Å². The van der Waals surface area contributed by atoms with Crippen LogP contribution in [0.1, 0.15) is 43.5 Å². The molecule has 1 aliphatic heterocycles. The Labute approximate surface area is 222 Å². The van der Waals surface area contributed by atoms with E-state index in [-0.39, 0.29) is 23.4 Å². The largest absolute Gasteiger partial charge is 0.493 e. The number of rotatable bonds is 8. The molecule has 0 amide bonds. The molecule has 10 nitrogen and oxygen atoms in total. The number of thiazole rings is 1. The molecule has 0 saturated heterocycles. The highest BCUT2D eigenvalue weighted by atomic mass is 32.1. The van der Waals surface area contributed by atoms with Crippen molar-refractivity contribution in [3.05, 3.63) is 94.2 Å². The van der Waals surface area contributed by atoms with Crippen LogP contribution in [0.15, 0.2) is 57.5 Å². The van der Waals surface area contributed by atoms with Gasteiger partial charge in [-0.05, 0) is 57.0 Å². The highest BCUT2D eigenvalue weighted by Gasteiger charge is 2.34. The van der Waals surface area contributed by atoms with Crippen LogP contribution in [0.5, 0.6) is 11.5 Å². The van der Waals surface area contributed by atoms with Gasteiger partial charge in [-0.25, -0.2) is 9.79 Å². The summed E-state index contributed by atoms with van der Waals surface area (Å²) in [5, 5.41) is 11.7. The van der Waals surface area contributed by atoms with E-state index in [1.54, 1.807) is 51.1 Å². The van der Waals surface area contributed by atoms with Gasteiger partial charge in [-0.3, -0.25) is 19.5 Å². The molecule has 1 aliphatic rings. The Morgan fingerprint density at radius 1 is 1.16 bits per heavy atom. The van der Waals surface area contributed by atoms with E-state index < -0.39 is 16.9 Å². The monoisotopic (exact) mass is 537 g/mol. The van der Waals surface area contributed by atoms with Crippen LogP contribution >= 0.6 is 11.3 Å². The lowest BCUT2D eigenvalue weighted by Gasteiger charge is -2.24. The van der Waals surface area contributed by atoms with Gasteiger partial charge in [-0.1, -0.05) is 29.5 Å². The summed E-state index contributed by atoms with van der Waals surface area (Å²) in [5.74, 6) is 0.482. The van der Waals surface area contributed by atoms with E-state index in [0.29, 0.717) is 49.8 Å². The molecule has 0 saturated carbocycles. The van der Waals surface area contributed by atoms with Crippen molar-refractivity contribution in [3.8, 4) is 11.5 Å². The third-order valence-corrected chi connectivity index (χ3v) is 7.03. The van der Waals surface area contributed by atoms with Crippen LogP contribution in [0.25, 0.3) is 6.08 Å². The van der Waals surface area contributed by atoms with Gasteiger partial charge in [0.05, 0.1) is 47.1 Å². The number of nitro groups is 1. The van der Waals surface area contributed by atoms with Crippen molar-refractivity contribution in [2.45, 2.75) is 33.7 Å². The lowest BCUT2D eigenvalue weighted by atomic mass is 9.94. The van der Waals surface area contributed by atoms with Crippen molar-refractivity contribution in [2.75, 3.05) is 20.3 Å². The molecule has 0 unspecified atom stereocenters. The molecule has 1 atom stereocenters. The number of hydrogen-bond donors (Lipinski definition) is 0. The SMILES string of the molecule is CCOC(=O)C1=C(C)N=c2s/c(=C/c3ccc(OCC)c(OC)c3)c(=O)n2[C@H]1c1ccc(C)c([N+](=O)[O-])c1. The number of nitro benzene ring substituents is 1. The Morgan fingerprint density at radius 2 is 1.92 bits per heavy atom. The average Bonchev–Trinajstić information content (AvgIpc) is 3.18. The first kappa shape index (κ1) is 26.8. The summed E-state index contributed by atoms with van der Waals surface area (Å²) in [4.78, 5) is 42.9. The molecule has 38 heavy (non-hydrogen) atoms. The zero-order valence-corrected chi connectivity index (χ0v) is 22.5. The Hall–Kier alpha value is -4.25. The quantitative estimate of drug-likeness (QED) is 0.245. The topological polar surface area (TPSA) is 122 Å². The molecule has 2 aromatic carbocycles. The Bertz CT molecular complexity index is 1630. The predicted octanol–water partition coefficient (Wildman–Crippen LogP) is 3.42. The van der Waals surface area contributed by atoms with E-state index in [1.165, 1.54) is 17.7 Å². The minimum Gasteiger partial charge on any atom is -0.493 e. The van der Waals surface area contributed by atoms with Gasteiger partial charge in [0.1, 0.15) is 0 Å². The Morgan fingerprint density at radius 3 is 2.58 bits per heavy atom. The molecule has 1 aromatic heterocycles. The predicted molar refractivity (Wildman–Crippen MR) is 142 cm³/mol. The molecule has 3 aromatic rings. The summed E-state index contributed by atoms with van der Waals surface area (Å²) in [6.45, 7) is 7.45. The molecule has 0 bridgehead atoms. The zero-order valence-electron chi connectivity index (χ0n) is 21.6. The molecular weight excluding hydrogens is 510 g/mol. The van der Waals surface area contributed by atoms with E-state index in [0.717, 1.165) is 11.3 Å². The standard InChI is InChI=1S/C27H27N3O7S/c1-6-36-20-11-9-17(12-21(20)35-5)13-22-25(31)29-24(18-10-8-15(3)19(14-18)30(33)34)23(26(32)37-7-2)16(4)28-27(29)38-22/h8-14,24H,6-7H2,1-5H3/b22-13+/t24-/m0/s1. The fourth-order valence-corrected chi connectivity index (χ4v) is 5.35. The van der Waals surface area contributed by atoms with E-state index >= 15 is 0 Å². The first-order valence-electron chi connectivity index (χ1n) is 12.0. The summed E-state index contributed by atoms with van der Waals surface area (Å²) in [7, 11) is 1.54. The normalized spacial score (nSPS) is 15.1. The maximum Gasteiger partial charge on any atom is 0.338 e. The second-order valence-electron chi connectivity index (χ2n) is 8.45. The van der Waals surface area contributed by atoms with Crippen molar-refractivity contribution in [2.24, 2.45) is 4.99 Å². The summed E-state index contributed by atoms with van der Waals surface area (Å²) in [5.41, 5.74) is 1.63. The number of allylic oxidation sites excluding steroid dienone is 1. The molecule has 4 rings (SSSR count). The molecule has 0 radical (unpaired) electrons. The molecule has 0 spiro atoms.